The number of rotatable bonds is 6. The Labute approximate surface area is 134 Å². The first kappa shape index (κ1) is 16.3. The minimum atomic E-state index is -0.225. The zero-order chi connectivity index (χ0) is 16.1. The Morgan fingerprint density at radius 2 is 1.82 bits per heavy atom. The Balaban J connectivity index is 2.23. The van der Waals surface area contributed by atoms with Gasteiger partial charge in [0, 0.05) is 11.3 Å². The van der Waals surface area contributed by atoms with Crippen molar-refractivity contribution in [3.8, 4) is 0 Å². The molecule has 2 rings (SSSR count). The third-order valence-corrected chi connectivity index (χ3v) is 4.04. The van der Waals surface area contributed by atoms with E-state index in [0.29, 0.717) is 0 Å². The average molecular weight is 294 g/mol. The van der Waals surface area contributed by atoms with Crippen LogP contribution >= 0.6 is 0 Å². The van der Waals surface area contributed by atoms with Crippen LogP contribution in [0.4, 0.5) is 5.69 Å². The molecule has 2 aromatic carbocycles. The number of nitrogens with one attached hydrogen (secondary N) is 1. The van der Waals surface area contributed by atoms with Crippen molar-refractivity contribution < 1.29 is 0 Å². The van der Waals surface area contributed by atoms with E-state index in [1.54, 1.807) is 0 Å². The normalized spacial score (nSPS) is 12.0. The summed E-state index contributed by atoms with van der Waals surface area (Å²) in [5.41, 5.74) is 13.3. The highest BCUT2D eigenvalue weighted by atomic mass is 15.0. The fourth-order valence-electron chi connectivity index (χ4n) is 2.48. The second-order valence-corrected chi connectivity index (χ2v) is 5.72. The van der Waals surface area contributed by atoms with Gasteiger partial charge in [0.1, 0.15) is 6.17 Å². The predicted octanol–water partition coefficient (Wildman–Crippen LogP) is 5.05. The van der Waals surface area contributed by atoms with E-state index in [-0.39, 0.29) is 6.17 Å². The van der Waals surface area contributed by atoms with Gasteiger partial charge in [-0.3, -0.25) is 0 Å². The summed E-state index contributed by atoms with van der Waals surface area (Å²) in [5, 5.41) is 3.42. The number of hydrogen-bond acceptors (Lipinski definition) is 2. The molecule has 2 aromatic rings. The van der Waals surface area contributed by atoms with Crippen LogP contribution in [0, 0.1) is 6.92 Å². The number of allylic oxidation sites excluding steroid dienone is 1. The van der Waals surface area contributed by atoms with Crippen LogP contribution < -0.4 is 11.1 Å². The van der Waals surface area contributed by atoms with E-state index in [1.165, 1.54) is 11.1 Å². The van der Waals surface area contributed by atoms with Gasteiger partial charge in [-0.1, -0.05) is 56.3 Å². The van der Waals surface area contributed by atoms with Crippen LogP contribution in [0.3, 0.4) is 0 Å². The highest BCUT2D eigenvalue weighted by Crippen LogP contribution is 2.28. The Kier molecular flexibility index (Phi) is 5.40. The molecule has 22 heavy (non-hydrogen) atoms. The van der Waals surface area contributed by atoms with E-state index < -0.39 is 0 Å². The molecule has 0 spiro atoms. The molecule has 0 aromatic heterocycles. The van der Waals surface area contributed by atoms with Crippen molar-refractivity contribution in [1.29, 1.82) is 0 Å². The Hall–Kier alpha value is -2.06. The largest absolute Gasteiger partial charge is 0.366 e. The smallest absolute Gasteiger partial charge is 0.101 e. The molecule has 3 N–H and O–H groups in total. The fourth-order valence-corrected chi connectivity index (χ4v) is 2.48. The summed E-state index contributed by atoms with van der Waals surface area (Å²) in [6, 6.07) is 14.8. The molecule has 0 amide bonds. The monoisotopic (exact) mass is 294 g/mol. The number of hydrogen-bond donors (Lipinski definition) is 2. The lowest BCUT2D eigenvalue weighted by atomic mass is 10.00. The predicted molar refractivity (Wildman–Crippen MR) is 96.9 cm³/mol. The van der Waals surface area contributed by atoms with Gasteiger partial charge in [0.25, 0.3) is 0 Å². The van der Waals surface area contributed by atoms with Crippen LogP contribution in [0.1, 0.15) is 48.7 Å². The van der Waals surface area contributed by atoms with Gasteiger partial charge >= 0.3 is 0 Å². The van der Waals surface area contributed by atoms with Crippen LogP contribution in [0.25, 0.3) is 5.57 Å². The van der Waals surface area contributed by atoms with E-state index >= 15 is 0 Å². The number of aryl methyl sites for hydroxylation is 2. The highest BCUT2D eigenvalue weighted by molar-refractivity contribution is 5.75. The van der Waals surface area contributed by atoms with Crippen LogP contribution in [0.5, 0.6) is 0 Å². The summed E-state index contributed by atoms with van der Waals surface area (Å²) in [6.45, 7) is 10.5. The molecule has 2 heteroatoms. The lowest BCUT2D eigenvalue weighted by molar-refractivity contribution is 0.834. The number of benzene rings is 2. The average Bonchev–Trinajstić information content (AvgIpc) is 2.55. The minimum Gasteiger partial charge on any atom is -0.366 e. The van der Waals surface area contributed by atoms with Gasteiger partial charge in [-0.15, -0.1) is 0 Å². The van der Waals surface area contributed by atoms with Crippen molar-refractivity contribution in [2.24, 2.45) is 5.73 Å². The maximum atomic E-state index is 6.33. The van der Waals surface area contributed by atoms with Gasteiger partial charge in [0.15, 0.2) is 0 Å². The van der Waals surface area contributed by atoms with Crippen molar-refractivity contribution >= 4 is 11.3 Å². The molecule has 0 aliphatic rings. The summed E-state index contributed by atoms with van der Waals surface area (Å²) in [7, 11) is 0. The summed E-state index contributed by atoms with van der Waals surface area (Å²) in [6.07, 6.45) is 1.75. The first-order valence-electron chi connectivity index (χ1n) is 7.94. The summed E-state index contributed by atoms with van der Waals surface area (Å²) in [5.74, 6) is 0. The fraction of sp³-hybridized carbons (Fsp3) is 0.300. The molecule has 1 unspecified atom stereocenters. The third-order valence-electron chi connectivity index (χ3n) is 4.04. The van der Waals surface area contributed by atoms with Gasteiger partial charge in [0.2, 0.25) is 0 Å². The Bertz CT molecular complexity index is 641. The van der Waals surface area contributed by atoms with Gasteiger partial charge < -0.3 is 11.1 Å². The lowest BCUT2D eigenvalue weighted by Gasteiger charge is -2.20. The number of nitrogens with two attached hydrogens (primary N) is 1. The highest BCUT2D eigenvalue weighted by Gasteiger charge is 2.10. The van der Waals surface area contributed by atoms with E-state index in [4.69, 9.17) is 5.73 Å². The molecule has 1 atom stereocenters. The first-order chi connectivity index (χ1) is 10.5. The van der Waals surface area contributed by atoms with Crippen molar-refractivity contribution in [1.82, 2.24) is 0 Å². The molecule has 0 aliphatic carbocycles. The SMILES string of the molecule is C=C(CC)c1cc(C)ccc1NC(N)c1ccc(CC)cc1. The molecule has 0 bridgehead atoms. The molecule has 116 valence electrons. The molecule has 0 radical (unpaired) electrons. The Morgan fingerprint density at radius 1 is 1.14 bits per heavy atom. The van der Waals surface area contributed by atoms with Crippen LogP contribution in [0.2, 0.25) is 0 Å². The molecular formula is C20H26N2. The molecular weight excluding hydrogens is 268 g/mol. The minimum absolute atomic E-state index is 0.225. The van der Waals surface area contributed by atoms with Gasteiger partial charge in [-0.2, -0.15) is 0 Å². The van der Waals surface area contributed by atoms with E-state index in [2.05, 4.69) is 75.1 Å². The zero-order valence-corrected chi connectivity index (χ0v) is 13.8. The second kappa shape index (κ2) is 7.28. The van der Waals surface area contributed by atoms with Crippen molar-refractivity contribution in [3.05, 3.63) is 71.3 Å². The van der Waals surface area contributed by atoms with Crippen molar-refractivity contribution in [3.63, 3.8) is 0 Å². The number of anilines is 1. The molecule has 0 aliphatic heterocycles. The maximum Gasteiger partial charge on any atom is 0.101 e. The third kappa shape index (κ3) is 3.77. The van der Waals surface area contributed by atoms with E-state index in [9.17, 15) is 0 Å². The van der Waals surface area contributed by atoms with Gasteiger partial charge in [-0.05, 0) is 48.6 Å². The summed E-state index contributed by atoms with van der Waals surface area (Å²) in [4.78, 5) is 0. The lowest BCUT2D eigenvalue weighted by Crippen LogP contribution is -2.20. The second-order valence-electron chi connectivity index (χ2n) is 5.72. The van der Waals surface area contributed by atoms with Crippen LogP contribution in [0.15, 0.2) is 49.0 Å². The molecule has 0 saturated heterocycles. The standard InChI is InChI=1S/C20H26N2/c1-5-15(4)18-13-14(3)7-12-19(18)22-20(21)17-10-8-16(6-2)9-11-17/h7-13,20,22H,4-6,21H2,1-3H3. The summed E-state index contributed by atoms with van der Waals surface area (Å²) >= 11 is 0. The maximum absolute atomic E-state index is 6.33. The quantitative estimate of drug-likeness (QED) is 0.732. The van der Waals surface area contributed by atoms with E-state index in [0.717, 1.165) is 35.2 Å². The summed E-state index contributed by atoms with van der Waals surface area (Å²) < 4.78 is 0. The van der Waals surface area contributed by atoms with Crippen molar-refractivity contribution in [2.45, 2.75) is 39.8 Å². The van der Waals surface area contributed by atoms with Gasteiger partial charge in [0.05, 0.1) is 0 Å². The molecule has 0 fully saturated rings. The topological polar surface area (TPSA) is 38.0 Å². The van der Waals surface area contributed by atoms with Crippen molar-refractivity contribution in [2.75, 3.05) is 5.32 Å². The van der Waals surface area contributed by atoms with Gasteiger partial charge in [-0.25, -0.2) is 0 Å². The Morgan fingerprint density at radius 3 is 2.41 bits per heavy atom. The molecule has 0 saturated carbocycles. The zero-order valence-electron chi connectivity index (χ0n) is 13.8. The molecule has 2 nitrogen and oxygen atoms in total. The van der Waals surface area contributed by atoms with Crippen LogP contribution in [-0.4, -0.2) is 0 Å². The van der Waals surface area contributed by atoms with E-state index in [1.807, 2.05) is 0 Å². The first-order valence-corrected chi connectivity index (χ1v) is 7.94. The molecule has 0 heterocycles. The van der Waals surface area contributed by atoms with Crippen LogP contribution in [-0.2, 0) is 6.42 Å².